The summed E-state index contributed by atoms with van der Waals surface area (Å²) in [6, 6.07) is 6.66. The second-order valence-electron chi connectivity index (χ2n) is 3.76. The van der Waals surface area contributed by atoms with Crippen LogP contribution in [0.25, 0.3) is 0 Å². The zero-order chi connectivity index (χ0) is 10.7. The van der Waals surface area contributed by atoms with Gasteiger partial charge in [0.25, 0.3) is 0 Å². The predicted octanol–water partition coefficient (Wildman–Crippen LogP) is 0.864. The van der Waals surface area contributed by atoms with Crippen LogP contribution in [0.15, 0.2) is 24.3 Å². The minimum absolute atomic E-state index is 0.181. The number of piperazine rings is 1. The summed E-state index contributed by atoms with van der Waals surface area (Å²) >= 11 is 0. The maximum absolute atomic E-state index is 12.7. The number of benzene rings is 1. The first kappa shape index (κ1) is 10.4. The van der Waals surface area contributed by atoms with Crippen LogP contribution in [0.2, 0.25) is 0 Å². The van der Waals surface area contributed by atoms with E-state index in [1.165, 1.54) is 12.1 Å². The Kier molecular flexibility index (Phi) is 3.18. The van der Waals surface area contributed by atoms with Crippen LogP contribution in [0.5, 0.6) is 0 Å². The summed E-state index contributed by atoms with van der Waals surface area (Å²) in [4.78, 5) is 4.46. The number of hydrogen-bond donors (Lipinski definition) is 1. The number of hydrogen-bond acceptors (Lipinski definition) is 3. The van der Waals surface area contributed by atoms with Gasteiger partial charge in [0.15, 0.2) is 0 Å². The fraction of sp³-hybridized carbons (Fsp3) is 0.455. The minimum Gasteiger partial charge on any atom is -0.369 e. The highest BCUT2D eigenvalue weighted by Crippen LogP contribution is 2.16. The second-order valence-corrected chi connectivity index (χ2v) is 3.76. The van der Waals surface area contributed by atoms with Crippen LogP contribution in [0.1, 0.15) is 0 Å². The zero-order valence-electron chi connectivity index (χ0n) is 8.69. The van der Waals surface area contributed by atoms with Crippen molar-refractivity contribution in [1.82, 2.24) is 4.90 Å². The SMILES string of the molecule is NCN1CCN(c2ccc(F)cc2)CC1. The molecule has 0 radical (unpaired) electrons. The highest BCUT2D eigenvalue weighted by molar-refractivity contribution is 5.46. The summed E-state index contributed by atoms with van der Waals surface area (Å²) in [6.07, 6.45) is 0. The fourth-order valence-corrected chi connectivity index (χ4v) is 1.84. The van der Waals surface area contributed by atoms with Crippen molar-refractivity contribution in [2.75, 3.05) is 37.7 Å². The van der Waals surface area contributed by atoms with Crippen LogP contribution >= 0.6 is 0 Å². The fourth-order valence-electron chi connectivity index (χ4n) is 1.84. The van der Waals surface area contributed by atoms with E-state index in [1.807, 2.05) is 12.1 Å². The molecule has 0 amide bonds. The van der Waals surface area contributed by atoms with Gasteiger partial charge in [-0.05, 0) is 24.3 Å². The molecule has 0 unspecified atom stereocenters. The molecule has 0 spiro atoms. The molecule has 0 atom stereocenters. The summed E-state index contributed by atoms with van der Waals surface area (Å²) in [5.41, 5.74) is 6.66. The maximum Gasteiger partial charge on any atom is 0.123 e. The molecular formula is C11H16FN3. The number of nitrogens with two attached hydrogens (primary N) is 1. The Morgan fingerprint density at radius 2 is 1.67 bits per heavy atom. The molecule has 1 saturated heterocycles. The number of halogens is 1. The molecule has 2 rings (SSSR count). The van der Waals surface area contributed by atoms with Gasteiger partial charge in [0, 0.05) is 38.5 Å². The van der Waals surface area contributed by atoms with Gasteiger partial charge in [0.1, 0.15) is 5.82 Å². The summed E-state index contributed by atoms with van der Waals surface area (Å²) < 4.78 is 12.7. The van der Waals surface area contributed by atoms with E-state index < -0.39 is 0 Å². The van der Waals surface area contributed by atoms with Crippen molar-refractivity contribution >= 4 is 5.69 Å². The van der Waals surface area contributed by atoms with Crippen LogP contribution in [-0.2, 0) is 0 Å². The van der Waals surface area contributed by atoms with E-state index in [4.69, 9.17) is 5.73 Å². The van der Waals surface area contributed by atoms with Crippen LogP contribution < -0.4 is 10.6 Å². The molecule has 0 saturated carbocycles. The molecule has 1 heterocycles. The Morgan fingerprint density at radius 3 is 2.20 bits per heavy atom. The first-order valence-corrected chi connectivity index (χ1v) is 5.22. The average molecular weight is 209 g/mol. The minimum atomic E-state index is -0.181. The molecule has 1 aliphatic heterocycles. The van der Waals surface area contributed by atoms with Crippen molar-refractivity contribution in [3.05, 3.63) is 30.1 Å². The van der Waals surface area contributed by atoms with Gasteiger partial charge in [-0.25, -0.2) is 4.39 Å². The Balaban J connectivity index is 1.98. The molecule has 0 aliphatic carbocycles. The van der Waals surface area contributed by atoms with Gasteiger partial charge in [-0.15, -0.1) is 0 Å². The van der Waals surface area contributed by atoms with E-state index in [0.717, 1.165) is 31.9 Å². The van der Waals surface area contributed by atoms with Crippen molar-refractivity contribution in [3.8, 4) is 0 Å². The summed E-state index contributed by atoms with van der Waals surface area (Å²) in [5.74, 6) is -0.181. The van der Waals surface area contributed by atoms with Crippen LogP contribution in [0.4, 0.5) is 10.1 Å². The third kappa shape index (κ3) is 2.46. The van der Waals surface area contributed by atoms with E-state index in [0.29, 0.717) is 6.67 Å². The van der Waals surface area contributed by atoms with Gasteiger partial charge >= 0.3 is 0 Å². The lowest BCUT2D eigenvalue weighted by molar-refractivity contribution is 0.265. The lowest BCUT2D eigenvalue weighted by Crippen LogP contribution is -2.48. The average Bonchev–Trinajstić information content (AvgIpc) is 2.30. The molecule has 0 aromatic heterocycles. The van der Waals surface area contributed by atoms with Gasteiger partial charge < -0.3 is 10.6 Å². The molecule has 15 heavy (non-hydrogen) atoms. The number of anilines is 1. The molecular weight excluding hydrogens is 193 g/mol. The van der Waals surface area contributed by atoms with Crippen LogP contribution in [-0.4, -0.2) is 37.7 Å². The molecule has 2 N–H and O–H groups in total. The molecule has 1 fully saturated rings. The monoisotopic (exact) mass is 209 g/mol. The first-order valence-electron chi connectivity index (χ1n) is 5.22. The predicted molar refractivity (Wildman–Crippen MR) is 59.2 cm³/mol. The topological polar surface area (TPSA) is 32.5 Å². The van der Waals surface area contributed by atoms with E-state index in [1.54, 1.807) is 0 Å². The van der Waals surface area contributed by atoms with E-state index >= 15 is 0 Å². The highest BCUT2D eigenvalue weighted by atomic mass is 19.1. The highest BCUT2D eigenvalue weighted by Gasteiger charge is 2.15. The summed E-state index contributed by atoms with van der Waals surface area (Å²) in [6.45, 7) is 4.50. The third-order valence-corrected chi connectivity index (χ3v) is 2.82. The number of rotatable bonds is 2. The molecule has 3 nitrogen and oxygen atoms in total. The standard InChI is InChI=1S/C11H16FN3/c12-10-1-3-11(4-2-10)15-7-5-14(9-13)6-8-15/h1-4H,5-9,13H2. The normalized spacial score (nSPS) is 18.1. The zero-order valence-corrected chi connectivity index (χ0v) is 8.69. The largest absolute Gasteiger partial charge is 0.369 e. The quantitative estimate of drug-likeness (QED) is 0.784. The van der Waals surface area contributed by atoms with Gasteiger partial charge in [-0.3, -0.25) is 4.90 Å². The Labute approximate surface area is 89.3 Å². The van der Waals surface area contributed by atoms with Crippen LogP contribution in [0.3, 0.4) is 0 Å². The van der Waals surface area contributed by atoms with Crippen molar-refractivity contribution < 1.29 is 4.39 Å². The third-order valence-electron chi connectivity index (χ3n) is 2.82. The van der Waals surface area contributed by atoms with E-state index in [2.05, 4.69) is 9.80 Å². The molecule has 1 aliphatic rings. The Hall–Kier alpha value is -1.13. The summed E-state index contributed by atoms with van der Waals surface area (Å²) in [7, 11) is 0. The van der Waals surface area contributed by atoms with Gasteiger partial charge in [0.2, 0.25) is 0 Å². The van der Waals surface area contributed by atoms with E-state index in [9.17, 15) is 4.39 Å². The lowest BCUT2D eigenvalue weighted by Gasteiger charge is -2.35. The van der Waals surface area contributed by atoms with Crippen molar-refractivity contribution in [1.29, 1.82) is 0 Å². The molecule has 4 heteroatoms. The Morgan fingerprint density at radius 1 is 1.07 bits per heavy atom. The smallest absolute Gasteiger partial charge is 0.123 e. The molecule has 1 aromatic rings. The lowest BCUT2D eigenvalue weighted by atomic mass is 10.2. The van der Waals surface area contributed by atoms with Crippen molar-refractivity contribution in [3.63, 3.8) is 0 Å². The summed E-state index contributed by atoms with van der Waals surface area (Å²) in [5, 5.41) is 0. The maximum atomic E-state index is 12.7. The van der Waals surface area contributed by atoms with Crippen molar-refractivity contribution in [2.24, 2.45) is 5.73 Å². The second kappa shape index (κ2) is 4.59. The Bertz CT molecular complexity index is 304. The first-order chi connectivity index (χ1) is 7.29. The van der Waals surface area contributed by atoms with Gasteiger partial charge in [-0.1, -0.05) is 0 Å². The van der Waals surface area contributed by atoms with Gasteiger partial charge in [0.05, 0.1) is 0 Å². The van der Waals surface area contributed by atoms with Crippen molar-refractivity contribution in [2.45, 2.75) is 0 Å². The number of nitrogens with zero attached hydrogens (tertiary/aromatic N) is 2. The molecule has 1 aromatic carbocycles. The van der Waals surface area contributed by atoms with Gasteiger partial charge in [-0.2, -0.15) is 0 Å². The molecule has 82 valence electrons. The van der Waals surface area contributed by atoms with Crippen LogP contribution in [0, 0.1) is 5.82 Å². The van der Waals surface area contributed by atoms with E-state index in [-0.39, 0.29) is 5.82 Å². The molecule has 0 bridgehead atoms.